The molecule has 31 heavy (non-hydrogen) atoms. The number of likely N-dealkylation sites (tertiary alicyclic amines) is 1. The summed E-state index contributed by atoms with van der Waals surface area (Å²) in [6.45, 7) is 10.4. The molecule has 2 saturated heterocycles. The van der Waals surface area contributed by atoms with Crippen LogP contribution >= 0.6 is 0 Å². The summed E-state index contributed by atoms with van der Waals surface area (Å²) in [6.07, 6.45) is 4.92. The van der Waals surface area contributed by atoms with Gasteiger partial charge in [-0.15, -0.1) is 0 Å². The molecule has 0 radical (unpaired) electrons. The maximum atomic E-state index is 12.8. The number of nitrogens with zero attached hydrogens (tertiary/aromatic N) is 1. The van der Waals surface area contributed by atoms with Gasteiger partial charge in [-0.25, -0.2) is 4.79 Å². The third kappa shape index (κ3) is 5.88. The molecule has 170 valence electrons. The largest absolute Gasteiger partial charge is 0.465 e. The van der Waals surface area contributed by atoms with E-state index in [1.54, 1.807) is 4.90 Å². The molecule has 0 unspecified atom stereocenters. The van der Waals surface area contributed by atoms with Gasteiger partial charge in [0.2, 0.25) is 0 Å². The molecule has 6 heteroatoms. The quantitative estimate of drug-likeness (QED) is 0.649. The highest BCUT2D eigenvalue weighted by atomic mass is 16.6. The number of hydrogen-bond acceptors (Lipinski definition) is 5. The van der Waals surface area contributed by atoms with Crippen molar-refractivity contribution in [3.8, 4) is 0 Å². The second kappa shape index (κ2) is 9.86. The number of carbonyl (C=O) groups excluding carboxylic acids is 2. The van der Waals surface area contributed by atoms with Crippen LogP contribution in [0.15, 0.2) is 29.8 Å². The highest BCUT2D eigenvalue weighted by molar-refractivity contribution is 5.83. The summed E-state index contributed by atoms with van der Waals surface area (Å²) in [5.41, 5.74) is 2.34. The minimum Gasteiger partial charge on any atom is -0.465 e. The van der Waals surface area contributed by atoms with Gasteiger partial charge in [-0.2, -0.15) is 0 Å². The highest BCUT2D eigenvalue weighted by Crippen LogP contribution is 2.36. The fourth-order valence-corrected chi connectivity index (χ4v) is 4.18. The van der Waals surface area contributed by atoms with Crippen molar-refractivity contribution in [2.45, 2.75) is 64.4 Å². The van der Waals surface area contributed by atoms with Crippen molar-refractivity contribution in [2.75, 3.05) is 32.9 Å². The maximum absolute atomic E-state index is 12.8. The Kier molecular flexibility index (Phi) is 7.42. The SMILES string of the molecule is CCOC(=O)C1(c2ccc(C=C3CCN(C(=O)OC(C)(C)C)CC3)cc2)CCOCC1. The Morgan fingerprint density at radius 2 is 1.71 bits per heavy atom. The highest BCUT2D eigenvalue weighted by Gasteiger charge is 2.43. The van der Waals surface area contributed by atoms with Crippen LogP contribution in [-0.4, -0.2) is 55.5 Å². The van der Waals surface area contributed by atoms with E-state index in [9.17, 15) is 9.59 Å². The van der Waals surface area contributed by atoms with Crippen molar-refractivity contribution in [1.29, 1.82) is 0 Å². The lowest BCUT2D eigenvalue weighted by molar-refractivity contribution is -0.154. The van der Waals surface area contributed by atoms with Crippen LogP contribution in [-0.2, 0) is 24.4 Å². The van der Waals surface area contributed by atoms with Crippen LogP contribution < -0.4 is 0 Å². The Labute approximate surface area is 185 Å². The number of amides is 1. The molecule has 1 aromatic rings. The predicted molar refractivity (Wildman–Crippen MR) is 120 cm³/mol. The Balaban J connectivity index is 1.66. The van der Waals surface area contributed by atoms with E-state index in [-0.39, 0.29) is 12.1 Å². The van der Waals surface area contributed by atoms with Crippen LogP contribution in [0, 0.1) is 0 Å². The van der Waals surface area contributed by atoms with Gasteiger partial charge < -0.3 is 19.1 Å². The van der Waals surface area contributed by atoms with Crippen LogP contribution in [0.1, 0.15) is 64.5 Å². The fourth-order valence-electron chi connectivity index (χ4n) is 4.18. The zero-order chi connectivity index (χ0) is 22.5. The number of carbonyl (C=O) groups is 2. The molecule has 2 aliphatic rings. The van der Waals surface area contributed by atoms with Crippen molar-refractivity contribution in [1.82, 2.24) is 4.90 Å². The van der Waals surface area contributed by atoms with Crippen LogP contribution in [0.3, 0.4) is 0 Å². The lowest BCUT2D eigenvalue weighted by Gasteiger charge is -2.35. The molecule has 6 nitrogen and oxygen atoms in total. The van der Waals surface area contributed by atoms with E-state index in [1.165, 1.54) is 5.57 Å². The van der Waals surface area contributed by atoms with Gasteiger partial charge >= 0.3 is 12.1 Å². The normalized spacial score (nSPS) is 19.0. The molecule has 0 atom stereocenters. The molecule has 2 aliphatic heterocycles. The monoisotopic (exact) mass is 429 g/mol. The summed E-state index contributed by atoms with van der Waals surface area (Å²) in [5.74, 6) is -0.154. The first-order chi connectivity index (χ1) is 14.7. The predicted octanol–water partition coefficient (Wildman–Crippen LogP) is 4.71. The van der Waals surface area contributed by atoms with Gasteiger partial charge in [0, 0.05) is 26.3 Å². The van der Waals surface area contributed by atoms with E-state index in [0.717, 1.165) is 24.0 Å². The van der Waals surface area contributed by atoms with Gasteiger partial charge in [0.15, 0.2) is 0 Å². The number of ether oxygens (including phenoxy) is 3. The number of esters is 1. The summed E-state index contributed by atoms with van der Waals surface area (Å²) in [6, 6.07) is 8.23. The van der Waals surface area contributed by atoms with Crippen molar-refractivity contribution >= 4 is 18.1 Å². The van der Waals surface area contributed by atoms with E-state index in [4.69, 9.17) is 14.2 Å². The molecule has 0 N–H and O–H groups in total. The molecule has 0 aromatic heterocycles. The molecular formula is C25H35NO5. The Bertz CT molecular complexity index is 790. The van der Waals surface area contributed by atoms with Gasteiger partial charge in [0.1, 0.15) is 5.60 Å². The van der Waals surface area contributed by atoms with E-state index >= 15 is 0 Å². The summed E-state index contributed by atoms with van der Waals surface area (Å²) < 4.78 is 16.4. The standard InChI is InChI=1S/C25H35NO5/c1-5-30-22(27)25(12-16-29-17-13-25)21-8-6-19(7-9-21)18-20-10-14-26(15-11-20)23(28)31-24(2,3)4/h6-9,18H,5,10-17H2,1-4H3. The Morgan fingerprint density at radius 1 is 1.10 bits per heavy atom. The van der Waals surface area contributed by atoms with E-state index in [1.807, 2.05) is 39.8 Å². The van der Waals surface area contributed by atoms with Gasteiger partial charge in [-0.05, 0) is 64.5 Å². The molecule has 2 fully saturated rings. The average Bonchev–Trinajstić information content (AvgIpc) is 2.74. The third-order valence-corrected chi connectivity index (χ3v) is 5.90. The third-order valence-electron chi connectivity index (χ3n) is 5.90. The number of rotatable bonds is 4. The van der Waals surface area contributed by atoms with Crippen LogP contribution in [0.2, 0.25) is 0 Å². The minimum absolute atomic E-state index is 0.154. The number of piperidine rings is 1. The number of hydrogen-bond donors (Lipinski definition) is 0. The summed E-state index contributed by atoms with van der Waals surface area (Å²) >= 11 is 0. The topological polar surface area (TPSA) is 65.1 Å². The van der Waals surface area contributed by atoms with Crippen LogP contribution in [0.4, 0.5) is 4.79 Å². The van der Waals surface area contributed by atoms with Crippen molar-refractivity contribution in [3.05, 3.63) is 41.0 Å². The molecule has 0 spiro atoms. The molecular weight excluding hydrogens is 394 g/mol. The van der Waals surface area contributed by atoms with E-state index in [2.05, 4.69) is 18.2 Å². The van der Waals surface area contributed by atoms with E-state index < -0.39 is 11.0 Å². The molecule has 3 rings (SSSR count). The lowest BCUT2D eigenvalue weighted by Crippen LogP contribution is -2.42. The van der Waals surface area contributed by atoms with Gasteiger partial charge in [-0.3, -0.25) is 4.79 Å². The first-order valence-corrected chi connectivity index (χ1v) is 11.3. The second-order valence-corrected chi connectivity index (χ2v) is 9.31. The molecule has 0 bridgehead atoms. The summed E-state index contributed by atoms with van der Waals surface area (Å²) in [4.78, 5) is 26.8. The molecule has 1 aromatic carbocycles. The molecule has 2 heterocycles. The van der Waals surface area contributed by atoms with E-state index in [0.29, 0.717) is 45.8 Å². The van der Waals surface area contributed by atoms with Gasteiger partial charge in [0.25, 0.3) is 0 Å². The van der Waals surface area contributed by atoms with Gasteiger partial charge in [-0.1, -0.05) is 35.9 Å². The van der Waals surface area contributed by atoms with Crippen LogP contribution in [0.25, 0.3) is 6.08 Å². The first-order valence-electron chi connectivity index (χ1n) is 11.3. The molecule has 0 aliphatic carbocycles. The lowest BCUT2D eigenvalue weighted by atomic mass is 9.74. The minimum atomic E-state index is -0.612. The first kappa shape index (κ1) is 23.3. The average molecular weight is 430 g/mol. The van der Waals surface area contributed by atoms with Crippen molar-refractivity contribution in [2.24, 2.45) is 0 Å². The van der Waals surface area contributed by atoms with Crippen molar-refractivity contribution < 1.29 is 23.8 Å². The summed E-state index contributed by atoms with van der Waals surface area (Å²) in [7, 11) is 0. The van der Waals surface area contributed by atoms with Gasteiger partial charge in [0.05, 0.1) is 12.0 Å². The molecule has 1 amide bonds. The second-order valence-electron chi connectivity index (χ2n) is 9.31. The fraction of sp³-hybridized carbons (Fsp3) is 0.600. The maximum Gasteiger partial charge on any atom is 0.410 e. The zero-order valence-electron chi connectivity index (χ0n) is 19.2. The zero-order valence-corrected chi connectivity index (χ0v) is 19.2. The van der Waals surface area contributed by atoms with Crippen molar-refractivity contribution in [3.63, 3.8) is 0 Å². The van der Waals surface area contributed by atoms with Crippen LogP contribution in [0.5, 0.6) is 0 Å². The Hall–Kier alpha value is -2.34. The Morgan fingerprint density at radius 3 is 2.26 bits per heavy atom. The summed E-state index contributed by atoms with van der Waals surface area (Å²) in [5, 5.41) is 0. The molecule has 0 saturated carbocycles. The smallest absolute Gasteiger partial charge is 0.410 e. The number of benzene rings is 1.